The molecule has 8 heteroatoms. The second-order valence-electron chi connectivity index (χ2n) is 5.32. The van der Waals surface area contributed by atoms with Gasteiger partial charge in [-0.05, 0) is 27.4 Å². The van der Waals surface area contributed by atoms with Crippen LogP contribution in [0.4, 0.5) is 24.8 Å². The molecule has 0 bridgehead atoms. The molecule has 1 saturated heterocycles. The number of likely N-dealkylation sites (N-methyl/N-ethyl adjacent to an activating group) is 1. The zero-order valence-electron chi connectivity index (χ0n) is 12.4. The molecule has 0 aromatic carbocycles. The molecule has 1 aromatic rings. The van der Waals surface area contributed by atoms with Crippen LogP contribution in [0, 0.1) is 0 Å². The zero-order valence-corrected chi connectivity index (χ0v) is 12.4. The molecule has 2 heterocycles. The lowest BCUT2D eigenvalue weighted by atomic mass is 10.2. The third kappa shape index (κ3) is 3.75. The lowest BCUT2D eigenvalue weighted by Crippen LogP contribution is -2.32. The van der Waals surface area contributed by atoms with E-state index in [-0.39, 0.29) is 5.82 Å². The van der Waals surface area contributed by atoms with Crippen molar-refractivity contribution in [2.75, 3.05) is 43.9 Å². The SMILES string of the molecule is CCNc1cc(N2CCC(N(C)C)C2)nc(C(F)(F)F)n1. The van der Waals surface area contributed by atoms with Crippen molar-refractivity contribution in [1.29, 1.82) is 0 Å². The van der Waals surface area contributed by atoms with Crippen LogP contribution in [0.1, 0.15) is 19.2 Å². The average Bonchev–Trinajstić information content (AvgIpc) is 2.87. The molecule has 5 nitrogen and oxygen atoms in total. The Kier molecular flexibility index (Phi) is 4.55. The minimum Gasteiger partial charge on any atom is -0.370 e. The molecule has 1 aliphatic heterocycles. The van der Waals surface area contributed by atoms with Crippen molar-refractivity contribution < 1.29 is 13.2 Å². The first-order valence-electron chi connectivity index (χ1n) is 6.92. The summed E-state index contributed by atoms with van der Waals surface area (Å²) in [5, 5.41) is 2.83. The molecule has 0 radical (unpaired) electrons. The van der Waals surface area contributed by atoms with Gasteiger partial charge in [-0.1, -0.05) is 0 Å². The summed E-state index contributed by atoms with van der Waals surface area (Å²) >= 11 is 0. The van der Waals surface area contributed by atoms with E-state index in [1.54, 1.807) is 6.07 Å². The van der Waals surface area contributed by atoms with Crippen LogP contribution in [-0.2, 0) is 6.18 Å². The van der Waals surface area contributed by atoms with Gasteiger partial charge in [0.25, 0.3) is 0 Å². The summed E-state index contributed by atoms with van der Waals surface area (Å²) < 4.78 is 38.7. The number of hydrogen-bond donors (Lipinski definition) is 1. The lowest BCUT2D eigenvalue weighted by Gasteiger charge is -2.22. The van der Waals surface area contributed by atoms with Gasteiger partial charge in [-0.15, -0.1) is 0 Å². The first-order chi connectivity index (χ1) is 9.81. The number of halogens is 3. The van der Waals surface area contributed by atoms with Crippen molar-refractivity contribution in [2.45, 2.75) is 25.6 Å². The Morgan fingerprint density at radius 1 is 1.38 bits per heavy atom. The van der Waals surface area contributed by atoms with E-state index in [4.69, 9.17) is 0 Å². The lowest BCUT2D eigenvalue weighted by molar-refractivity contribution is -0.144. The molecule has 0 amide bonds. The zero-order chi connectivity index (χ0) is 15.6. The summed E-state index contributed by atoms with van der Waals surface area (Å²) in [6.45, 7) is 3.69. The Morgan fingerprint density at radius 3 is 2.62 bits per heavy atom. The topological polar surface area (TPSA) is 44.3 Å². The van der Waals surface area contributed by atoms with E-state index in [2.05, 4.69) is 20.2 Å². The van der Waals surface area contributed by atoms with E-state index < -0.39 is 12.0 Å². The first kappa shape index (κ1) is 15.8. The van der Waals surface area contributed by atoms with Crippen molar-refractivity contribution in [1.82, 2.24) is 14.9 Å². The molecule has 2 rings (SSSR count). The third-order valence-corrected chi connectivity index (χ3v) is 3.54. The highest BCUT2D eigenvalue weighted by Gasteiger charge is 2.36. The van der Waals surface area contributed by atoms with Crippen LogP contribution in [0.2, 0.25) is 0 Å². The monoisotopic (exact) mass is 303 g/mol. The van der Waals surface area contributed by atoms with E-state index in [9.17, 15) is 13.2 Å². The number of anilines is 2. The normalized spacial score (nSPS) is 19.4. The fraction of sp³-hybridized carbons (Fsp3) is 0.692. The van der Waals surface area contributed by atoms with Gasteiger partial charge in [-0.3, -0.25) is 0 Å². The van der Waals surface area contributed by atoms with Gasteiger partial charge in [0.1, 0.15) is 11.6 Å². The second kappa shape index (κ2) is 6.05. The van der Waals surface area contributed by atoms with E-state index in [0.29, 0.717) is 31.5 Å². The fourth-order valence-corrected chi connectivity index (χ4v) is 2.37. The van der Waals surface area contributed by atoms with Gasteiger partial charge in [0, 0.05) is 31.7 Å². The molecular weight excluding hydrogens is 283 g/mol. The van der Waals surface area contributed by atoms with Crippen molar-refractivity contribution >= 4 is 11.6 Å². The van der Waals surface area contributed by atoms with Gasteiger partial charge in [-0.25, -0.2) is 9.97 Å². The first-order valence-corrected chi connectivity index (χ1v) is 6.92. The summed E-state index contributed by atoms with van der Waals surface area (Å²) in [5.74, 6) is -0.551. The highest BCUT2D eigenvalue weighted by molar-refractivity contribution is 5.50. The van der Waals surface area contributed by atoms with Crippen molar-refractivity contribution in [3.05, 3.63) is 11.9 Å². The molecule has 21 heavy (non-hydrogen) atoms. The number of alkyl halides is 3. The van der Waals surface area contributed by atoms with Gasteiger partial charge in [0.2, 0.25) is 5.82 Å². The van der Waals surface area contributed by atoms with Crippen LogP contribution < -0.4 is 10.2 Å². The molecule has 1 aliphatic rings. The number of nitrogens with zero attached hydrogens (tertiary/aromatic N) is 4. The molecule has 1 unspecified atom stereocenters. The van der Waals surface area contributed by atoms with E-state index in [0.717, 1.165) is 6.42 Å². The van der Waals surface area contributed by atoms with Crippen LogP contribution in [0.3, 0.4) is 0 Å². The Bertz CT molecular complexity index is 489. The van der Waals surface area contributed by atoms with Gasteiger partial charge in [0.05, 0.1) is 0 Å². The van der Waals surface area contributed by atoms with Gasteiger partial charge in [-0.2, -0.15) is 13.2 Å². The molecule has 1 aromatic heterocycles. The molecule has 0 spiro atoms. The largest absolute Gasteiger partial charge is 0.451 e. The standard InChI is InChI=1S/C13H20F3N5/c1-4-17-10-7-11(19-12(18-10)13(14,15)16)21-6-5-9(8-21)20(2)3/h7,9H,4-6,8H2,1-3H3,(H,17,18,19). The fourth-order valence-electron chi connectivity index (χ4n) is 2.37. The van der Waals surface area contributed by atoms with Crippen LogP contribution in [-0.4, -0.2) is 54.6 Å². The molecule has 1 atom stereocenters. The molecule has 118 valence electrons. The highest BCUT2D eigenvalue weighted by atomic mass is 19.4. The molecular formula is C13H20F3N5. The summed E-state index contributed by atoms with van der Waals surface area (Å²) in [6.07, 6.45) is -3.63. The number of hydrogen-bond acceptors (Lipinski definition) is 5. The third-order valence-electron chi connectivity index (χ3n) is 3.54. The minimum atomic E-state index is -4.54. The predicted octanol–water partition coefficient (Wildman–Crippen LogP) is 2.07. The Labute approximate surface area is 122 Å². The smallest absolute Gasteiger partial charge is 0.370 e. The summed E-state index contributed by atoms with van der Waals surface area (Å²) in [5.41, 5.74) is 0. The maximum atomic E-state index is 12.9. The van der Waals surface area contributed by atoms with E-state index in [1.165, 1.54) is 0 Å². The number of rotatable bonds is 4. The van der Waals surface area contributed by atoms with Crippen molar-refractivity contribution in [3.8, 4) is 0 Å². The number of nitrogens with one attached hydrogen (secondary N) is 1. The van der Waals surface area contributed by atoms with E-state index >= 15 is 0 Å². The predicted molar refractivity (Wildman–Crippen MR) is 75.5 cm³/mol. The molecule has 1 fully saturated rings. The van der Waals surface area contributed by atoms with Crippen LogP contribution >= 0.6 is 0 Å². The maximum Gasteiger partial charge on any atom is 0.451 e. The average molecular weight is 303 g/mol. The second-order valence-corrected chi connectivity index (χ2v) is 5.32. The summed E-state index contributed by atoms with van der Waals surface area (Å²) in [6, 6.07) is 1.91. The van der Waals surface area contributed by atoms with Gasteiger partial charge >= 0.3 is 6.18 Å². The molecule has 1 N–H and O–H groups in total. The highest BCUT2D eigenvalue weighted by Crippen LogP contribution is 2.30. The van der Waals surface area contributed by atoms with E-state index in [1.807, 2.05) is 25.9 Å². The quantitative estimate of drug-likeness (QED) is 0.922. The Hall–Kier alpha value is -1.57. The number of aromatic nitrogens is 2. The minimum absolute atomic E-state index is 0.211. The molecule has 0 saturated carbocycles. The summed E-state index contributed by atoms with van der Waals surface area (Å²) in [4.78, 5) is 11.2. The van der Waals surface area contributed by atoms with Gasteiger partial charge < -0.3 is 15.1 Å². The van der Waals surface area contributed by atoms with Crippen LogP contribution in [0.25, 0.3) is 0 Å². The van der Waals surface area contributed by atoms with Crippen LogP contribution in [0.5, 0.6) is 0 Å². The van der Waals surface area contributed by atoms with Crippen molar-refractivity contribution in [3.63, 3.8) is 0 Å². The Morgan fingerprint density at radius 2 is 2.10 bits per heavy atom. The molecule has 0 aliphatic carbocycles. The van der Waals surface area contributed by atoms with Crippen molar-refractivity contribution in [2.24, 2.45) is 0 Å². The van der Waals surface area contributed by atoms with Crippen LogP contribution in [0.15, 0.2) is 6.07 Å². The maximum absolute atomic E-state index is 12.9. The summed E-state index contributed by atoms with van der Waals surface area (Å²) in [7, 11) is 3.94. The van der Waals surface area contributed by atoms with Gasteiger partial charge in [0.15, 0.2) is 0 Å². The Balaban J connectivity index is 2.28.